The van der Waals surface area contributed by atoms with Crippen LogP contribution in [0.1, 0.15) is 5.56 Å². The normalized spacial score (nSPS) is 11.2. The van der Waals surface area contributed by atoms with Crippen LogP contribution in [0.2, 0.25) is 0 Å². The van der Waals surface area contributed by atoms with Crippen LogP contribution < -0.4 is 16.0 Å². The Morgan fingerprint density at radius 3 is 2.60 bits per heavy atom. The van der Waals surface area contributed by atoms with Gasteiger partial charge in [0.05, 0.1) is 6.20 Å². The Balaban J connectivity index is 2.34. The van der Waals surface area contributed by atoms with E-state index in [2.05, 4.69) is 20.4 Å². The van der Waals surface area contributed by atoms with Crippen LogP contribution in [-0.2, 0) is 0 Å². The van der Waals surface area contributed by atoms with Gasteiger partial charge in [0.1, 0.15) is 5.75 Å². The first-order valence-corrected chi connectivity index (χ1v) is 5.55. The maximum Gasteiger partial charge on any atom is 0.573 e. The minimum Gasteiger partial charge on any atom is -0.406 e. The lowest BCUT2D eigenvalue weighted by Crippen LogP contribution is -2.17. The van der Waals surface area contributed by atoms with E-state index in [4.69, 9.17) is 5.84 Å². The van der Waals surface area contributed by atoms with E-state index in [1.165, 1.54) is 24.4 Å². The molecule has 0 aliphatic carbocycles. The Labute approximate surface area is 112 Å². The molecule has 0 aliphatic heterocycles. The van der Waals surface area contributed by atoms with Crippen molar-refractivity contribution >= 4 is 5.82 Å². The van der Waals surface area contributed by atoms with Gasteiger partial charge in [0.2, 0.25) is 0 Å². The average molecular weight is 284 g/mol. The number of nitrogens with zero attached hydrogens (tertiary/aromatic N) is 2. The maximum absolute atomic E-state index is 12.1. The second kappa shape index (κ2) is 5.33. The number of alkyl halides is 3. The first kappa shape index (κ1) is 14.1. The molecular weight excluding hydrogens is 273 g/mol. The molecule has 5 nitrogen and oxygen atoms in total. The van der Waals surface area contributed by atoms with Gasteiger partial charge in [-0.3, -0.25) is 0 Å². The summed E-state index contributed by atoms with van der Waals surface area (Å²) < 4.78 is 40.3. The van der Waals surface area contributed by atoms with Crippen LogP contribution in [0.15, 0.2) is 30.5 Å². The molecule has 0 radical (unpaired) electrons. The molecule has 0 saturated carbocycles. The number of aryl methyl sites for hydroxylation is 1. The van der Waals surface area contributed by atoms with E-state index in [0.717, 1.165) is 0 Å². The average Bonchev–Trinajstić information content (AvgIpc) is 2.37. The summed E-state index contributed by atoms with van der Waals surface area (Å²) in [4.78, 5) is 0. The van der Waals surface area contributed by atoms with Crippen molar-refractivity contribution in [3.63, 3.8) is 0 Å². The number of benzene rings is 1. The number of rotatable bonds is 3. The molecule has 1 aromatic carbocycles. The van der Waals surface area contributed by atoms with E-state index < -0.39 is 6.36 Å². The van der Waals surface area contributed by atoms with Gasteiger partial charge in [-0.25, -0.2) is 5.84 Å². The van der Waals surface area contributed by atoms with Gasteiger partial charge in [-0.2, -0.15) is 5.10 Å². The molecule has 0 fully saturated rings. The molecule has 2 aromatic rings. The number of nitrogens with one attached hydrogen (secondary N) is 1. The third-order valence-electron chi connectivity index (χ3n) is 2.54. The molecule has 3 N–H and O–H groups in total. The minimum atomic E-state index is -4.71. The van der Waals surface area contributed by atoms with Crippen molar-refractivity contribution in [1.82, 2.24) is 10.2 Å². The van der Waals surface area contributed by atoms with Gasteiger partial charge in [-0.15, -0.1) is 18.3 Å². The van der Waals surface area contributed by atoms with Crippen LogP contribution in [0.25, 0.3) is 11.1 Å². The van der Waals surface area contributed by atoms with E-state index >= 15 is 0 Å². The lowest BCUT2D eigenvalue weighted by atomic mass is 10.0. The van der Waals surface area contributed by atoms with E-state index in [0.29, 0.717) is 22.5 Å². The van der Waals surface area contributed by atoms with Gasteiger partial charge < -0.3 is 10.2 Å². The van der Waals surface area contributed by atoms with Gasteiger partial charge in [0.25, 0.3) is 0 Å². The Morgan fingerprint density at radius 1 is 1.25 bits per heavy atom. The Kier molecular flexibility index (Phi) is 3.75. The fraction of sp³-hybridized carbons (Fsp3) is 0.167. The van der Waals surface area contributed by atoms with E-state index in [-0.39, 0.29) is 5.75 Å². The van der Waals surface area contributed by atoms with Crippen LogP contribution in [0.3, 0.4) is 0 Å². The van der Waals surface area contributed by atoms with E-state index in [1.54, 1.807) is 13.0 Å². The monoisotopic (exact) mass is 284 g/mol. The topological polar surface area (TPSA) is 73.1 Å². The fourth-order valence-corrected chi connectivity index (χ4v) is 1.74. The van der Waals surface area contributed by atoms with Crippen molar-refractivity contribution in [2.75, 3.05) is 5.43 Å². The summed E-state index contributed by atoms with van der Waals surface area (Å²) in [6, 6.07) is 5.71. The molecule has 20 heavy (non-hydrogen) atoms. The number of nitrogens with two attached hydrogens (primary N) is 1. The highest BCUT2D eigenvalue weighted by Crippen LogP contribution is 2.29. The first-order chi connectivity index (χ1) is 9.39. The van der Waals surface area contributed by atoms with Gasteiger partial charge >= 0.3 is 6.36 Å². The number of aromatic nitrogens is 2. The van der Waals surface area contributed by atoms with Crippen LogP contribution >= 0.6 is 0 Å². The first-order valence-electron chi connectivity index (χ1n) is 5.55. The second-order valence-corrected chi connectivity index (χ2v) is 4.00. The van der Waals surface area contributed by atoms with Crippen molar-refractivity contribution in [2.45, 2.75) is 13.3 Å². The summed E-state index contributed by atoms with van der Waals surface area (Å²) in [6.45, 7) is 1.68. The molecule has 1 heterocycles. The standard InChI is InChI=1S/C12H11F3N4O/c1-7-4-9(20-12(13,14)15)2-3-10(7)8-5-11(18-16)19-17-6-8/h2-6H,16H2,1H3,(H,18,19). The Bertz CT molecular complexity index is 616. The highest BCUT2D eigenvalue weighted by molar-refractivity contribution is 5.69. The lowest BCUT2D eigenvalue weighted by molar-refractivity contribution is -0.274. The minimum absolute atomic E-state index is 0.266. The molecule has 0 atom stereocenters. The molecule has 106 valence electrons. The largest absolute Gasteiger partial charge is 0.573 e. The van der Waals surface area contributed by atoms with Crippen LogP contribution in [-0.4, -0.2) is 16.6 Å². The molecule has 0 aliphatic rings. The number of hydrogen-bond acceptors (Lipinski definition) is 5. The number of halogens is 3. The Morgan fingerprint density at radius 2 is 2.00 bits per heavy atom. The van der Waals surface area contributed by atoms with Crippen molar-refractivity contribution in [3.8, 4) is 16.9 Å². The van der Waals surface area contributed by atoms with Crippen LogP contribution in [0.5, 0.6) is 5.75 Å². The summed E-state index contributed by atoms with van der Waals surface area (Å²) in [6.07, 6.45) is -3.21. The number of hydrogen-bond donors (Lipinski definition) is 2. The molecule has 2 rings (SSSR count). The zero-order valence-electron chi connectivity index (χ0n) is 10.4. The lowest BCUT2D eigenvalue weighted by Gasteiger charge is -2.12. The zero-order chi connectivity index (χ0) is 14.8. The predicted octanol–water partition coefficient (Wildman–Crippen LogP) is 2.64. The summed E-state index contributed by atoms with van der Waals surface area (Å²) in [7, 11) is 0. The second-order valence-electron chi connectivity index (χ2n) is 4.00. The summed E-state index contributed by atoms with van der Waals surface area (Å²) in [5.41, 5.74) is 4.36. The number of ether oxygens (including phenoxy) is 1. The van der Waals surface area contributed by atoms with Crippen molar-refractivity contribution in [2.24, 2.45) is 5.84 Å². The van der Waals surface area contributed by atoms with Gasteiger partial charge in [-0.1, -0.05) is 6.07 Å². The van der Waals surface area contributed by atoms with E-state index in [9.17, 15) is 13.2 Å². The third-order valence-corrected chi connectivity index (χ3v) is 2.54. The van der Waals surface area contributed by atoms with Gasteiger partial charge in [0.15, 0.2) is 5.82 Å². The molecule has 0 unspecified atom stereocenters. The van der Waals surface area contributed by atoms with Gasteiger partial charge in [-0.05, 0) is 36.2 Å². The Hall–Kier alpha value is -2.35. The molecular formula is C12H11F3N4O. The molecule has 0 saturated heterocycles. The molecule has 0 spiro atoms. The van der Waals surface area contributed by atoms with Crippen molar-refractivity contribution < 1.29 is 17.9 Å². The summed E-state index contributed by atoms with van der Waals surface area (Å²) in [5.74, 6) is 5.32. The molecule has 0 bridgehead atoms. The summed E-state index contributed by atoms with van der Waals surface area (Å²) >= 11 is 0. The molecule has 1 aromatic heterocycles. The van der Waals surface area contributed by atoms with Crippen LogP contribution in [0.4, 0.5) is 19.0 Å². The molecule has 8 heteroatoms. The number of hydrazine groups is 1. The SMILES string of the molecule is Cc1cc(OC(F)(F)F)ccc1-c1cnnc(NN)c1. The van der Waals surface area contributed by atoms with Crippen molar-refractivity contribution in [1.29, 1.82) is 0 Å². The number of anilines is 1. The highest BCUT2D eigenvalue weighted by atomic mass is 19.4. The van der Waals surface area contributed by atoms with Crippen LogP contribution in [0, 0.1) is 6.92 Å². The van der Waals surface area contributed by atoms with E-state index in [1.807, 2.05) is 0 Å². The third kappa shape index (κ3) is 3.35. The fourth-order valence-electron chi connectivity index (χ4n) is 1.74. The van der Waals surface area contributed by atoms with Crippen molar-refractivity contribution in [3.05, 3.63) is 36.0 Å². The van der Waals surface area contributed by atoms with Gasteiger partial charge in [0, 0.05) is 5.56 Å². The smallest absolute Gasteiger partial charge is 0.406 e. The zero-order valence-corrected chi connectivity index (χ0v) is 10.4. The maximum atomic E-state index is 12.1. The number of nitrogen functional groups attached to an aromatic ring is 1. The molecule has 0 amide bonds. The quantitative estimate of drug-likeness (QED) is 0.669. The predicted molar refractivity (Wildman–Crippen MR) is 66.7 cm³/mol. The summed E-state index contributed by atoms with van der Waals surface area (Å²) in [5, 5.41) is 7.47. The highest BCUT2D eigenvalue weighted by Gasteiger charge is 2.31.